The molecule has 0 bridgehead atoms. The largest absolute Gasteiger partial charge is 0.369 e. The molecule has 0 aliphatic carbocycles. The van der Waals surface area contributed by atoms with Crippen molar-refractivity contribution in [2.45, 2.75) is 6.42 Å². The van der Waals surface area contributed by atoms with E-state index >= 15 is 0 Å². The Morgan fingerprint density at radius 1 is 1.00 bits per heavy atom. The van der Waals surface area contributed by atoms with Crippen LogP contribution in [0.1, 0.15) is 5.56 Å². The van der Waals surface area contributed by atoms with Gasteiger partial charge in [0, 0.05) is 6.42 Å². The second-order valence-corrected chi connectivity index (χ2v) is 4.38. The standard InChI is InChI=1S/C13H16FN3O3/c14-11-4-2-1-3-9(11)5-10(18)6-17(7-12(15)19)8-13(16)20/h1-4H,5-8H2,(H2,15,19)(H2,16,20). The van der Waals surface area contributed by atoms with E-state index in [0.717, 1.165) is 0 Å². The fraction of sp³-hybridized carbons (Fsp3) is 0.308. The van der Waals surface area contributed by atoms with Gasteiger partial charge in [0.1, 0.15) is 5.82 Å². The quantitative estimate of drug-likeness (QED) is 0.651. The summed E-state index contributed by atoms with van der Waals surface area (Å²) in [6.07, 6.45) is -0.124. The Balaban J connectivity index is 2.64. The molecule has 108 valence electrons. The minimum Gasteiger partial charge on any atom is -0.369 e. The van der Waals surface area contributed by atoms with Crippen LogP contribution in [0.5, 0.6) is 0 Å². The molecule has 0 heterocycles. The van der Waals surface area contributed by atoms with Crippen LogP contribution in [0, 0.1) is 5.82 Å². The van der Waals surface area contributed by atoms with Gasteiger partial charge in [0.25, 0.3) is 0 Å². The normalized spacial score (nSPS) is 10.5. The smallest absolute Gasteiger partial charge is 0.231 e. The van der Waals surface area contributed by atoms with E-state index in [9.17, 15) is 18.8 Å². The first kappa shape index (κ1) is 15.8. The first-order chi connectivity index (χ1) is 9.38. The number of ketones is 1. The first-order valence-electron chi connectivity index (χ1n) is 5.92. The maximum atomic E-state index is 13.4. The molecule has 2 amide bonds. The number of hydrogen-bond acceptors (Lipinski definition) is 4. The Morgan fingerprint density at radius 3 is 2.05 bits per heavy atom. The third kappa shape index (κ3) is 5.57. The Hall–Kier alpha value is -2.28. The summed E-state index contributed by atoms with van der Waals surface area (Å²) < 4.78 is 13.4. The molecule has 0 unspecified atom stereocenters. The number of hydrogen-bond donors (Lipinski definition) is 2. The van der Waals surface area contributed by atoms with Gasteiger partial charge in [0.2, 0.25) is 11.8 Å². The lowest BCUT2D eigenvalue weighted by Gasteiger charge is -2.17. The average Bonchev–Trinajstić information content (AvgIpc) is 2.30. The van der Waals surface area contributed by atoms with Crippen molar-refractivity contribution in [1.29, 1.82) is 0 Å². The molecule has 4 N–H and O–H groups in total. The van der Waals surface area contributed by atoms with Gasteiger partial charge >= 0.3 is 0 Å². The molecule has 1 aromatic rings. The van der Waals surface area contributed by atoms with E-state index in [1.165, 1.54) is 23.1 Å². The molecule has 0 fully saturated rings. The van der Waals surface area contributed by atoms with E-state index < -0.39 is 17.6 Å². The number of primary amides is 2. The van der Waals surface area contributed by atoms with Crippen molar-refractivity contribution in [1.82, 2.24) is 4.90 Å². The number of rotatable bonds is 8. The van der Waals surface area contributed by atoms with Crippen molar-refractivity contribution in [3.63, 3.8) is 0 Å². The highest BCUT2D eigenvalue weighted by molar-refractivity contribution is 5.85. The fourth-order valence-electron chi connectivity index (χ4n) is 1.77. The van der Waals surface area contributed by atoms with Crippen molar-refractivity contribution in [2.24, 2.45) is 11.5 Å². The number of Topliss-reactive ketones (excluding diaryl/α,β-unsaturated/α-hetero) is 1. The van der Waals surface area contributed by atoms with Crippen LogP contribution in [-0.4, -0.2) is 42.1 Å². The molecule has 0 atom stereocenters. The highest BCUT2D eigenvalue weighted by Gasteiger charge is 2.16. The van der Waals surface area contributed by atoms with Gasteiger partial charge < -0.3 is 11.5 Å². The predicted octanol–water partition coefficient (Wildman–Crippen LogP) is -0.790. The second kappa shape index (κ2) is 7.34. The summed E-state index contributed by atoms with van der Waals surface area (Å²) in [7, 11) is 0. The van der Waals surface area contributed by atoms with Crippen molar-refractivity contribution in [3.8, 4) is 0 Å². The lowest BCUT2D eigenvalue weighted by atomic mass is 10.1. The Kier molecular flexibility index (Phi) is 5.79. The minimum absolute atomic E-state index is 0.124. The van der Waals surface area contributed by atoms with E-state index in [1.807, 2.05) is 0 Å². The van der Waals surface area contributed by atoms with Gasteiger partial charge in [-0.05, 0) is 11.6 Å². The van der Waals surface area contributed by atoms with Gasteiger partial charge in [-0.25, -0.2) is 4.39 Å². The van der Waals surface area contributed by atoms with Crippen LogP contribution in [0.25, 0.3) is 0 Å². The third-order valence-electron chi connectivity index (χ3n) is 2.50. The van der Waals surface area contributed by atoms with Crippen LogP contribution in [0.3, 0.4) is 0 Å². The molecule has 0 aromatic heterocycles. The highest BCUT2D eigenvalue weighted by atomic mass is 19.1. The molecule has 0 spiro atoms. The van der Waals surface area contributed by atoms with Crippen LogP contribution in [0.2, 0.25) is 0 Å². The topological polar surface area (TPSA) is 106 Å². The van der Waals surface area contributed by atoms with E-state index in [2.05, 4.69) is 0 Å². The van der Waals surface area contributed by atoms with E-state index in [4.69, 9.17) is 11.5 Å². The lowest BCUT2D eigenvalue weighted by molar-refractivity contribution is -0.124. The summed E-state index contributed by atoms with van der Waals surface area (Å²) in [5, 5.41) is 0. The van der Waals surface area contributed by atoms with Gasteiger partial charge in [-0.15, -0.1) is 0 Å². The van der Waals surface area contributed by atoms with Crippen LogP contribution in [0.15, 0.2) is 24.3 Å². The summed E-state index contributed by atoms with van der Waals surface area (Å²) in [5.74, 6) is -2.16. The number of halogens is 1. The second-order valence-electron chi connectivity index (χ2n) is 4.38. The van der Waals surface area contributed by atoms with E-state index in [0.29, 0.717) is 0 Å². The third-order valence-corrected chi connectivity index (χ3v) is 2.50. The van der Waals surface area contributed by atoms with Crippen LogP contribution in [0.4, 0.5) is 4.39 Å². The summed E-state index contributed by atoms with van der Waals surface area (Å²) in [4.78, 5) is 34.7. The molecule has 0 radical (unpaired) electrons. The van der Waals surface area contributed by atoms with Gasteiger partial charge in [-0.3, -0.25) is 19.3 Å². The van der Waals surface area contributed by atoms with Gasteiger partial charge in [-0.2, -0.15) is 0 Å². The Labute approximate surface area is 115 Å². The Bertz CT molecular complexity index is 503. The molecule has 6 nitrogen and oxygen atoms in total. The number of carbonyl (C=O) groups excluding carboxylic acids is 3. The zero-order chi connectivity index (χ0) is 15.1. The fourth-order valence-corrected chi connectivity index (χ4v) is 1.77. The summed E-state index contributed by atoms with van der Waals surface area (Å²) in [6.45, 7) is -0.710. The van der Waals surface area contributed by atoms with Crippen molar-refractivity contribution in [2.75, 3.05) is 19.6 Å². The van der Waals surface area contributed by atoms with Gasteiger partial charge in [0.15, 0.2) is 5.78 Å². The van der Waals surface area contributed by atoms with Gasteiger partial charge in [0.05, 0.1) is 19.6 Å². The zero-order valence-electron chi connectivity index (χ0n) is 10.8. The SMILES string of the molecule is NC(=O)CN(CC(N)=O)CC(=O)Cc1ccccc1F. The molecule has 1 aromatic carbocycles. The van der Waals surface area contributed by atoms with Crippen molar-refractivity contribution >= 4 is 17.6 Å². The van der Waals surface area contributed by atoms with E-state index in [-0.39, 0.29) is 37.4 Å². The van der Waals surface area contributed by atoms with Crippen molar-refractivity contribution < 1.29 is 18.8 Å². The minimum atomic E-state index is -0.676. The molecule has 0 aliphatic rings. The highest BCUT2D eigenvalue weighted by Crippen LogP contribution is 2.07. The molecular weight excluding hydrogens is 265 g/mol. The summed E-state index contributed by atoms with van der Waals surface area (Å²) in [6, 6.07) is 5.90. The van der Waals surface area contributed by atoms with Crippen LogP contribution < -0.4 is 11.5 Å². The van der Waals surface area contributed by atoms with Crippen LogP contribution in [-0.2, 0) is 20.8 Å². The van der Waals surface area contributed by atoms with E-state index in [1.54, 1.807) is 6.07 Å². The average molecular weight is 281 g/mol. The first-order valence-corrected chi connectivity index (χ1v) is 5.92. The molecule has 20 heavy (non-hydrogen) atoms. The van der Waals surface area contributed by atoms with Gasteiger partial charge in [-0.1, -0.05) is 18.2 Å². The van der Waals surface area contributed by atoms with Crippen molar-refractivity contribution in [3.05, 3.63) is 35.6 Å². The zero-order valence-corrected chi connectivity index (χ0v) is 10.8. The monoisotopic (exact) mass is 281 g/mol. The lowest BCUT2D eigenvalue weighted by Crippen LogP contribution is -2.42. The number of nitrogens with two attached hydrogens (primary N) is 2. The number of carbonyl (C=O) groups is 3. The number of amides is 2. The maximum absolute atomic E-state index is 13.4. The molecule has 0 saturated heterocycles. The molecule has 0 aliphatic heterocycles. The number of nitrogens with zero attached hydrogens (tertiary/aromatic N) is 1. The molecule has 1 rings (SSSR count). The number of benzene rings is 1. The molecule has 0 saturated carbocycles. The maximum Gasteiger partial charge on any atom is 0.231 e. The summed E-state index contributed by atoms with van der Waals surface area (Å²) in [5.41, 5.74) is 10.3. The predicted molar refractivity (Wildman–Crippen MR) is 69.9 cm³/mol. The van der Waals surface area contributed by atoms with Crippen LogP contribution >= 0.6 is 0 Å². The summed E-state index contributed by atoms with van der Waals surface area (Å²) >= 11 is 0. The molecular formula is C13H16FN3O3. The molecule has 7 heteroatoms. The Morgan fingerprint density at radius 2 is 1.55 bits per heavy atom.